The maximum atomic E-state index is 11.9. The molecule has 0 fully saturated rings. The van der Waals surface area contributed by atoms with Gasteiger partial charge in [0.25, 0.3) is 0 Å². The maximum Gasteiger partial charge on any atom is 0.322 e. The summed E-state index contributed by atoms with van der Waals surface area (Å²) < 4.78 is 5.02. The fourth-order valence-corrected chi connectivity index (χ4v) is 1.78. The van der Waals surface area contributed by atoms with Crippen molar-refractivity contribution in [3.05, 3.63) is 0 Å². The molecule has 1 aromatic heterocycles. The van der Waals surface area contributed by atoms with Gasteiger partial charge in [-0.05, 0) is 20.8 Å². The highest BCUT2D eigenvalue weighted by molar-refractivity contribution is 5.76. The van der Waals surface area contributed by atoms with E-state index in [4.69, 9.17) is 4.74 Å². The Morgan fingerprint density at radius 3 is 2.24 bits per heavy atom. The summed E-state index contributed by atoms with van der Waals surface area (Å²) in [5.41, 5.74) is 0. The molecule has 0 unspecified atom stereocenters. The molecule has 1 rings (SSSR count). The second-order valence-electron chi connectivity index (χ2n) is 4.24. The van der Waals surface area contributed by atoms with Gasteiger partial charge < -0.3 is 20.3 Å². The Morgan fingerprint density at radius 2 is 1.71 bits per heavy atom. The van der Waals surface area contributed by atoms with Crippen molar-refractivity contribution < 1.29 is 9.53 Å². The van der Waals surface area contributed by atoms with E-state index in [9.17, 15) is 4.79 Å². The molecule has 0 aliphatic heterocycles. The molecule has 8 nitrogen and oxygen atoms in total. The lowest BCUT2D eigenvalue weighted by atomic mass is 10.3. The van der Waals surface area contributed by atoms with Crippen LogP contribution in [-0.2, 0) is 4.79 Å². The average molecular weight is 296 g/mol. The molecule has 21 heavy (non-hydrogen) atoms. The van der Waals surface area contributed by atoms with Crippen LogP contribution in [0.3, 0.4) is 0 Å². The first-order valence-corrected chi connectivity index (χ1v) is 7.20. The number of anilines is 2. The van der Waals surface area contributed by atoms with Crippen molar-refractivity contribution in [3.63, 3.8) is 0 Å². The summed E-state index contributed by atoms with van der Waals surface area (Å²) in [5, 5.41) is 6.02. The first-order chi connectivity index (χ1) is 10.1. The zero-order valence-electron chi connectivity index (χ0n) is 13.1. The summed E-state index contributed by atoms with van der Waals surface area (Å²) in [7, 11) is 1.50. The molecule has 118 valence electrons. The van der Waals surface area contributed by atoms with Crippen LogP contribution in [0.4, 0.5) is 11.9 Å². The normalized spacial score (nSPS) is 10.1. The lowest BCUT2D eigenvalue weighted by Crippen LogP contribution is -2.31. The molecule has 0 aromatic carbocycles. The lowest BCUT2D eigenvalue weighted by molar-refractivity contribution is -0.130. The van der Waals surface area contributed by atoms with Gasteiger partial charge in [-0.25, -0.2) is 0 Å². The third-order valence-electron chi connectivity index (χ3n) is 2.87. The quantitative estimate of drug-likeness (QED) is 0.701. The van der Waals surface area contributed by atoms with E-state index in [1.54, 1.807) is 4.90 Å². The van der Waals surface area contributed by atoms with Crippen molar-refractivity contribution in [3.8, 4) is 6.01 Å². The molecule has 0 aliphatic rings. The number of nitrogens with one attached hydrogen (secondary N) is 2. The van der Waals surface area contributed by atoms with Crippen LogP contribution < -0.4 is 15.4 Å². The smallest absolute Gasteiger partial charge is 0.322 e. The summed E-state index contributed by atoms with van der Waals surface area (Å²) in [4.78, 5) is 26.0. The van der Waals surface area contributed by atoms with Gasteiger partial charge in [-0.2, -0.15) is 15.0 Å². The summed E-state index contributed by atoms with van der Waals surface area (Å²) in [6.07, 6.45) is 0.395. The predicted octanol–water partition coefficient (Wildman–Crippen LogP) is 0.982. The van der Waals surface area contributed by atoms with E-state index < -0.39 is 0 Å². The van der Waals surface area contributed by atoms with Gasteiger partial charge in [-0.3, -0.25) is 4.79 Å². The number of amides is 1. The van der Waals surface area contributed by atoms with Crippen LogP contribution in [0.15, 0.2) is 0 Å². The Bertz CT molecular complexity index is 450. The number of carbonyl (C=O) groups excluding carboxylic acids is 1. The molecule has 0 radical (unpaired) electrons. The predicted molar refractivity (Wildman–Crippen MR) is 81.6 cm³/mol. The van der Waals surface area contributed by atoms with Gasteiger partial charge in [0.05, 0.1) is 7.11 Å². The van der Waals surface area contributed by atoms with Crippen LogP contribution in [0.2, 0.25) is 0 Å². The third-order valence-corrected chi connectivity index (χ3v) is 2.87. The zero-order valence-corrected chi connectivity index (χ0v) is 13.1. The number of aromatic nitrogens is 3. The first kappa shape index (κ1) is 16.9. The molecular weight excluding hydrogens is 272 g/mol. The van der Waals surface area contributed by atoms with Gasteiger partial charge in [0.1, 0.15) is 0 Å². The van der Waals surface area contributed by atoms with Crippen LogP contribution in [0.1, 0.15) is 27.2 Å². The standard InChI is InChI=1S/C13H24N6O2/c1-5-14-11-16-12(18-13(17-11)21-4)15-9-8-10(20)19(6-2)7-3/h5-9H2,1-4H3,(H2,14,15,16,17,18). The molecule has 2 N–H and O–H groups in total. The molecular formula is C13H24N6O2. The molecule has 8 heteroatoms. The Hall–Kier alpha value is -2.12. The minimum absolute atomic E-state index is 0.112. The first-order valence-electron chi connectivity index (χ1n) is 7.20. The molecule has 1 amide bonds. The average Bonchev–Trinajstić information content (AvgIpc) is 2.48. The van der Waals surface area contributed by atoms with Crippen molar-refractivity contribution in [1.82, 2.24) is 19.9 Å². The van der Waals surface area contributed by atoms with Gasteiger partial charge in [0.15, 0.2) is 0 Å². The van der Waals surface area contributed by atoms with E-state index in [2.05, 4.69) is 25.6 Å². The van der Waals surface area contributed by atoms with Gasteiger partial charge >= 0.3 is 6.01 Å². The molecule has 0 saturated heterocycles. The Balaban J connectivity index is 2.58. The molecule has 1 heterocycles. The Kier molecular flexibility index (Phi) is 7.20. The lowest BCUT2D eigenvalue weighted by Gasteiger charge is -2.18. The van der Waals surface area contributed by atoms with Gasteiger partial charge in [0.2, 0.25) is 17.8 Å². The highest BCUT2D eigenvalue weighted by Gasteiger charge is 2.10. The van der Waals surface area contributed by atoms with Gasteiger partial charge in [-0.15, -0.1) is 0 Å². The van der Waals surface area contributed by atoms with Crippen molar-refractivity contribution >= 4 is 17.8 Å². The summed E-state index contributed by atoms with van der Waals surface area (Å²) in [6, 6.07) is 0.235. The SMILES string of the molecule is CCNc1nc(NCCC(=O)N(CC)CC)nc(OC)n1. The van der Waals surface area contributed by atoms with Crippen LogP contribution in [-0.4, -0.2) is 59.0 Å². The van der Waals surface area contributed by atoms with Crippen LogP contribution >= 0.6 is 0 Å². The number of nitrogens with zero attached hydrogens (tertiary/aromatic N) is 4. The molecule has 1 aromatic rings. The van der Waals surface area contributed by atoms with E-state index in [0.717, 1.165) is 13.1 Å². The number of hydrogen-bond acceptors (Lipinski definition) is 7. The molecule has 0 aliphatic carbocycles. The number of carbonyl (C=O) groups is 1. The molecule has 0 bridgehead atoms. The number of methoxy groups -OCH3 is 1. The highest BCUT2D eigenvalue weighted by Crippen LogP contribution is 2.10. The van der Waals surface area contributed by atoms with E-state index in [0.29, 0.717) is 31.4 Å². The van der Waals surface area contributed by atoms with Crippen LogP contribution in [0.5, 0.6) is 6.01 Å². The van der Waals surface area contributed by atoms with E-state index in [1.807, 2.05) is 20.8 Å². The number of ether oxygens (including phenoxy) is 1. The van der Waals surface area contributed by atoms with Crippen LogP contribution in [0, 0.1) is 0 Å². The minimum atomic E-state index is 0.112. The van der Waals surface area contributed by atoms with Crippen molar-refractivity contribution in [2.45, 2.75) is 27.2 Å². The maximum absolute atomic E-state index is 11.9. The van der Waals surface area contributed by atoms with Gasteiger partial charge in [-0.1, -0.05) is 0 Å². The topological polar surface area (TPSA) is 92.3 Å². The van der Waals surface area contributed by atoms with Crippen molar-refractivity contribution in [2.24, 2.45) is 0 Å². The fourth-order valence-electron chi connectivity index (χ4n) is 1.78. The van der Waals surface area contributed by atoms with E-state index >= 15 is 0 Å². The molecule has 0 spiro atoms. The number of rotatable bonds is 9. The summed E-state index contributed by atoms with van der Waals surface area (Å²) in [6.45, 7) is 8.49. The van der Waals surface area contributed by atoms with Crippen LogP contribution in [0.25, 0.3) is 0 Å². The van der Waals surface area contributed by atoms with Crippen molar-refractivity contribution in [1.29, 1.82) is 0 Å². The Labute approximate surface area is 125 Å². The van der Waals surface area contributed by atoms with Crippen molar-refractivity contribution in [2.75, 3.05) is 43.9 Å². The molecule has 0 saturated carbocycles. The third kappa shape index (κ3) is 5.41. The second kappa shape index (κ2) is 8.93. The fraction of sp³-hybridized carbons (Fsp3) is 0.692. The summed E-state index contributed by atoms with van der Waals surface area (Å²) >= 11 is 0. The number of hydrogen-bond donors (Lipinski definition) is 2. The van der Waals surface area contributed by atoms with E-state index in [-0.39, 0.29) is 11.9 Å². The van der Waals surface area contributed by atoms with E-state index in [1.165, 1.54) is 7.11 Å². The Morgan fingerprint density at radius 1 is 1.10 bits per heavy atom. The monoisotopic (exact) mass is 296 g/mol. The summed E-state index contributed by atoms with van der Waals surface area (Å²) in [5.74, 6) is 0.951. The largest absolute Gasteiger partial charge is 0.467 e. The zero-order chi connectivity index (χ0) is 15.7. The van der Waals surface area contributed by atoms with Gasteiger partial charge in [0, 0.05) is 32.6 Å². The minimum Gasteiger partial charge on any atom is -0.467 e. The molecule has 0 atom stereocenters. The highest BCUT2D eigenvalue weighted by atomic mass is 16.5. The second-order valence-corrected chi connectivity index (χ2v) is 4.24.